The second-order valence-corrected chi connectivity index (χ2v) is 7.26. The van der Waals surface area contributed by atoms with Crippen LogP contribution in [0.1, 0.15) is 16.1 Å². The Balaban J connectivity index is 1.51. The van der Waals surface area contributed by atoms with Crippen LogP contribution in [-0.4, -0.2) is 56.6 Å². The zero-order chi connectivity index (χ0) is 17.4. The number of halogens is 1. The number of carbonyl (C=O) groups is 1. The second-order valence-electron chi connectivity index (χ2n) is 6.02. The predicted octanol–water partition coefficient (Wildman–Crippen LogP) is 2.00. The Morgan fingerprint density at radius 2 is 1.96 bits per heavy atom. The minimum absolute atomic E-state index is 0.0926. The molecule has 7 nitrogen and oxygen atoms in total. The number of piperazine rings is 1. The molecule has 0 aliphatic carbocycles. The molecule has 0 N–H and O–H groups in total. The Labute approximate surface area is 158 Å². The van der Waals surface area contributed by atoms with Gasteiger partial charge in [0, 0.05) is 47.1 Å². The zero-order valence-electron chi connectivity index (χ0n) is 13.8. The standard InChI is InChI=1S/C17H17IN6O/c1-12-9-15(24-17(21-12)19-11-20-24)22-5-7-23(8-6-22)16(25)13-3-2-4-14(18)10-13/h2-4,9-11H,5-8H2,1H3. The van der Waals surface area contributed by atoms with Crippen LogP contribution >= 0.6 is 22.6 Å². The maximum Gasteiger partial charge on any atom is 0.254 e. The number of fused-ring (bicyclic) bond motifs is 1. The van der Waals surface area contributed by atoms with Crippen molar-refractivity contribution in [1.82, 2.24) is 24.5 Å². The summed E-state index contributed by atoms with van der Waals surface area (Å²) in [6.45, 7) is 4.83. The summed E-state index contributed by atoms with van der Waals surface area (Å²) < 4.78 is 2.83. The molecule has 128 valence electrons. The van der Waals surface area contributed by atoms with Gasteiger partial charge in [-0.3, -0.25) is 4.79 Å². The quantitative estimate of drug-likeness (QED) is 0.562. The molecule has 1 aliphatic heterocycles. The molecule has 0 spiro atoms. The van der Waals surface area contributed by atoms with Gasteiger partial charge in [-0.2, -0.15) is 14.6 Å². The molecule has 1 aliphatic rings. The van der Waals surface area contributed by atoms with E-state index in [0.29, 0.717) is 18.9 Å². The molecule has 0 bridgehead atoms. The van der Waals surface area contributed by atoms with E-state index in [2.05, 4.69) is 42.6 Å². The smallest absolute Gasteiger partial charge is 0.254 e. The number of aromatic nitrogens is 4. The fraction of sp³-hybridized carbons (Fsp3) is 0.294. The molecule has 1 amide bonds. The summed E-state index contributed by atoms with van der Waals surface area (Å²) >= 11 is 2.23. The largest absolute Gasteiger partial charge is 0.353 e. The van der Waals surface area contributed by atoms with E-state index in [1.165, 1.54) is 6.33 Å². The van der Waals surface area contributed by atoms with Crippen LogP contribution < -0.4 is 4.90 Å². The number of carbonyl (C=O) groups excluding carboxylic acids is 1. The van der Waals surface area contributed by atoms with Crippen LogP contribution in [0.15, 0.2) is 36.7 Å². The molecule has 25 heavy (non-hydrogen) atoms. The third kappa shape index (κ3) is 3.17. The topological polar surface area (TPSA) is 66.6 Å². The van der Waals surface area contributed by atoms with Gasteiger partial charge in [-0.15, -0.1) is 0 Å². The summed E-state index contributed by atoms with van der Waals surface area (Å²) in [6.07, 6.45) is 1.52. The average molecular weight is 448 g/mol. The maximum atomic E-state index is 12.7. The third-order valence-electron chi connectivity index (χ3n) is 4.32. The molecule has 0 atom stereocenters. The first-order chi connectivity index (χ1) is 12.1. The summed E-state index contributed by atoms with van der Waals surface area (Å²) in [4.78, 5) is 25.4. The van der Waals surface area contributed by atoms with E-state index in [0.717, 1.165) is 33.7 Å². The number of aryl methyl sites for hydroxylation is 1. The molecule has 2 aromatic heterocycles. The number of rotatable bonds is 2. The minimum Gasteiger partial charge on any atom is -0.353 e. The molecule has 4 rings (SSSR count). The lowest BCUT2D eigenvalue weighted by atomic mass is 10.2. The van der Waals surface area contributed by atoms with Gasteiger partial charge in [0.2, 0.25) is 0 Å². The second kappa shape index (κ2) is 6.58. The highest BCUT2D eigenvalue weighted by Crippen LogP contribution is 2.19. The van der Waals surface area contributed by atoms with Gasteiger partial charge in [0.1, 0.15) is 12.1 Å². The highest BCUT2D eigenvalue weighted by Gasteiger charge is 2.24. The summed E-state index contributed by atoms with van der Waals surface area (Å²) in [5.74, 6) is 1.67. The molecule has 0 radical (unpaired) electrons. The maximum absolute atomic E-state index is 12.7. The van der Waals surface area contributed by atoms with Crippen molar-refractivity contribution < 1.29 is 4.79 Å². The molecule has 3 heterocycles. The van der Waals surface area contributed by atoms with Crippen LogP contribution in [0, 0.1) is 10.5 Å². The van der Waals surface area contributed by atoms with Gasteiger partial charge in [0.25, 0.3) is 11.7 Å². The number of anilines is 1. The molecule has 8 heteroatoms. The molecule has 1 fully saturated rings. The lowest BCUT2D eigenvalue weighted by Gasteiger charge is -2.36. The number of benzene rings is 1. The Morgan fingerprint density at radius 3 is 2.72 bits per heavy atom. The van der Waals surface area contributed by atoms with E-state index in [1.807, 2.05) is 42.2 Å². The number of hydrogen-bond donors (Lipinski definition) is 0. The third-order valence-corrected chi connectivity index (χ3v) is 4.99. The minimum atomic E-state index is 0.0926. The van der Waals surface area contributed by atoms with Crippen LogP contribution in [0.3, 0.4) is 0 Å². The van der Waals surface area contributed by atoms with Crippen molar-refractivity contribution in [3.63, 3.8) is 0 Å². The van der Waals surface area contributed by atoms with E-state index < -0.39 is 0 Å². The summed E-state index contributed by atoms with van der Waals surface area (Å²) in [5, 5.41) is 4.27. The van der Waals surface area contributed by atoms with Gasteiger partial charge >= 0.3 is 0 Å². The molecule has 1 saturated heterocycles. The SMILES string of the molecule is Cc1cc(N2CCN(C(=O)c3cccc(I)c3)CC2)n2ncnc2n1. The van der Waals surface area contributed by atoms with Crippen molar-refractivity contribution in [3.05, 3.63) is 51.5 Å². The number of hydrogen-bond acceptors (Lipinski definition) is 5. The highest BCUT2D eigenvalue weighted by molar-refractivity contribution is 14.1. The summed E-state index contributed by atoms with van der Waals surface area (Å²) in [5.41, 5.74) is 1.66. The summed E-state index contributed by atoms with van der Waals surface area (Å²) in [7, 11) is 0. The van der Waals surface area contributed by atoms with E-state index in [-0.39, 0.29) is 5.91 Å². The highest BCUT2D eigenvalue weighted by atomic mass is 127. The summed E-state index contributed by atoms with van der Waals surface area (Å²) in [6, 6.07) is 9.73. The van der Waals surface area contributed by atoms with E-state index in [1.54, 1.807) is 4.52 Å². The van der Waals surface area contributed by atoms with Gasteiger partial charge in [-0.1, -0.05) is 6.07 Å². The van der Waals surface area contributed by atoms with Gasteiger partial charge in [0.05, 0.1) is 0 Å². The lowest BCUT2D eigenvalue weighted by Crippen LogP contribution is -2.49. The van der Waals surface area contributed by atoms with Crippen molar-refractivity contribution in [3.8, 4) is 0 Å². The predicted molar refractivity (Wildman–Crippen MR) is 103 cm³/mol. The molecule has 0 unspecified atom stereocenters. The van der Waals surface area contributed by atoms with Crippen molar-refractivity contribution in [2.24, 2.45) is 0 Å². The normalized spacial score (nSPS) is 15.0. The Bertz CT molecular complexity index is 932. The Kier molecular flexibility index (Phi) is 4.28. The van der Waals surface area contributed by atoms with Gasteiger partial charge in [-0.05, 0) is 47.7 Å². The molecular formula is C17H17IN6O. The fourth-order valence-corrected chi connectivity index (χ4v) is 3.62. The van der Waals surface area contributed by atoms with Crippen LogP contribution in [0.4, 0.5) is 5.82 Å². The van der Waals surface area contributed by atoms with E-state index >= 15 is 0 Å². The van der Waals surface area contributed by atoms with Crippen LogP contribution in [0.2, 0.25) is 0 Å². The van der Waals surface area contributed by atoms with Gasteiger partial charge in [-0.25, -0.2) is 4.98 Å². The first-order valence-electron chi connectivity index (χ1n) is 8.09. The monoisotopic (exact) mass is 448 g/mol. The fourth-order valence-electron chi connectivity index (χ4n) is 3.08. The van der Waals surface area contributed by atoms with Crippen molar-refractivity contribution >= 4 is 40.1 Å². The average Bonchev–Trinajstić information content (AvgIpc) is 3.09. The zero-order valence-corrected chi connectivity index (χ0v) is 15.9. The van der Waals surface area contributed by atoms with Crippen molar-refractivity contribution in [2.75, 3.05) is 31.1 Å². The van der Waals surface area contributed by atoms with Crippen LogP contribution in [0.5, 0.6) is 0 Å². The van der Waals surface area contributed by atoms with E-state index in [4.69, 9.17) is 0 Å². The van der Waals surface area contributed by atoms with Crippen molar-refractivity contribution in [1.29, 1.82) is 0 Å². The lowest BCUT2D eigenvalue weighted by molar-refractivity contribution is 0.0746. The molecule has 3 aromatic rings. The Morgan fingerprint density at radius 1 is 1.16 bits per heavy atom. The van der Waals surface area contributed by atoms with Crippen LogP contribution in [-0.2, 0) is 0 Å². The van der Waals surface area contributed by atoms with Crippen molar-refractivity contribution in [2.45, 2.75) is 6.92 Å². The number of nitrogens with zero attached hydrogens (tertiary/aromatic N) is 6. The molecular weight excluding hydrogens is 431 g/mol. The molecule has 1 aromatic carbocycles. The van der Waals surface area contributed by atoms with Gasteiger partial charge in [0.15, 0.2) is 0 Å². The Hall–Kier alpha value is -2.23. The van der Waals surface area contributed by atoms with Gasteiger partial charge < -0.3 is 9.80 Å². The first-order valence-corrected chi connectivity index (χ1v) is 9.17. The number of amides is 1. The first kappa shape index (κ1) is 16.2. The van der Waals surface area contributed by atoms with E-state index in [9.17, 15) is 4.79 Å². The molecule has 0 saturated carbocycles. The van der Waals surface area contributed by atoms with Crippen LogP contribution in [0.25, 0.3) is 5.78 Å².